The van der Waals surface area contributed by atoms with Gasteiger partial charge in [-0.1, -0.05) is 47.6 Å². The molecule has 2 nitrogen and oxygen atoms in total. The van der Waals surface area contributed by atoms with Gasteiger partial charge < -0.3 is 10.6 Å². The molecule has 0 bridgehead atoms. The van der Waals surface area contributed by atoms with Crippen LogP contribution in [0.4, 0.5) is 0 Å². The van der Waals surface area contributed by atoms with Crippen LogP contribution in [0, 0.1) is 5.92 Å². The van der Waals surface area contributed by atoms with E-state index in [0.717, 1.165) is 23.0 Å². The molecule has 0 aliphatic carbocycles. The van der Waals surface area contributed by atoms with E-state index in [4.69, 9.17) is 5.73 Å². The number of hydrogen-bond donors (Lipinski definition) is 1. The highest BCUT2D eigenvalue weighted by Gasteiger charge is 2.30. The zero-order valence-corrected chi connectivity index (χ0v) is 12.2. The Bertz CT molecular complexity index is 467. The third-order valence-corrected chi connectivity index (χ3v) is 4.37. The Morgan fingerprint density at radius 3 is 2.72 bits per heavy atom. The lowest BCUT2D eigenvalue weighted by Gasteiger charge is -2.40. The molecule has 1 aliphatic heterocycles. The van der Waals surface area contributed by atoms with Gasteiger partial charge in [0.15, 0.2) is 0 Å². The number of hydrogen-bond acceptors (Lipinski definition) is 2. The molecule has 18 heavy (non-hydrogen) atoms. The van der Waals surface area contributed by atoms with Crippen molar-refractivity contribution >= 4 is 15.9 Å². The summed E-state index contributed by atoms with van der Waals surface area (Å²) in [5, 5.41) is 0. The van der Waals surface area contributed by atoms with Gasteiger partial charge in [-0.2, -0.15) is 0 Å². The quantitative estimate of drug-likeness (QED) is 0.888. The average Bonchev–Trinajstić information content (AvgIpc) is 2.39. The molecule has 2 unspecified atom stereocenters. The molecule has 0 saturated carbocycles. The molecule has 1 aromatic rings. The second-order valence-corrected chi connectivity index (χ2v) is 5.55. The Morgan fingerprint density at radius 1 is 1.39 bits per heavy atom. The molecular weight excluding hydrogens is 288 g/mol. The minimum absolute atomic E-state index is 0.323. The van der Waals surface area contributed by atoms with Crippen LogP contribution in [-0.2, 0) is 0 Å². The number of piperidine rings is 1. The Labute approximate surface area is 117 Å². The molecule has 1 saturated heterocycles. The summed E-state index contributed by atoms with van der Waals surface area (Å²) < 4.78 is 1.15. The van der Waals surface area contributed by atoms with E-state index in [9.17, 15) is 0 Å². The van der Waals surface area contributed by atoms with Gasteiger partial charge in [-0.05, 0) is 36.6 Å². The fourth-order valence-electron chi connectivity index (χ4n) is 2.66. The normalized spacial score (nSPS) is 26.3. The fraction of sp³-hybridized carbons (Fsp3) is 0.333. The van der Waals surface area contributed by atoms with E-state index in [1.807, 2.05) is 12.3 Å². The van der Waals surface area contributed by atoms with Gasteiger partial charge >= 0.3 is 0 Å². The molecule has 0 radical (unpaired) electrons. The molecule has 1 fully saturated rings. The van der Waals surface area contributed by atoms with Gasteiger partial charge in [-0.15, -0.1) is 0 Å². The van der Waals surface area contributed by atoms with Crippen molar-refractivity contribution in [1.82, 2.24) is 4.90 Å². The molecule has 1 aliphatic rings. The topological polar surface area (TPSA) is 29.3 Å². The lowest BCUT2D eigenvalue weighted by Crippen LogP contribution is -2.32. The van der Waals surface area contributed by atoms with Crippen LogP contribution < -0.4 is 5.73 Å². The number of benzene rings is 1. The van der Waals surface area contributed by atoms with Crippen molar-refractivity contribution in [3.63, 3.8) is 0 Å². The molecule has 3 heteroatoms. The number of nitrogens with two attached hydrogens (primary N) is 1. The molecule has 2 rings (SSSR count). The SMILES string of the molecule is C=CN1/C(=C\N)C(C)CCC1c1ccccc1Br. The summed E-state index contributed by atoms with van der Waals surface area (Å²) in [4.78, 5) is 2.20. The van der Waals surface area contributed by atoms with Crippen molar-refractivity contribution in [1.29, 1.82) is 0 Å². The molecule has 2 atom stereocenters. The van der Waals surface area contributed by atoms with E-state index in [-0.39, 0.29) is 0 Å². The number of halogens is 1. The van der Waals surface area contributed by atoms with Gasteiger partial charge in [-0.25, -0.2) is 0 Å². The molecule has 0 spiro atoms. The van der Waals surface area contributed by atoms with Crippen molar-refractivity contribution in [2.75, 3.05) is 0 Å². The summed E-state index contributed by atoms with van der Waals surface area (Å²) in [6.45, 7) is 6.15. The van der Waals surface area contributed by atoms with Crippen LogP contribution in [0.15, 0.2) is 53.4 Å². The smallest absolute Gasteiger partial charge is 0.0594 e. The first-order chi connectivity index (χ1) is 8.69. The van der Waals surface area contributed by atoms with Crippen molar-refractivity contribution in [3.05, 3.63) is 59.0 Å². The van der Waals surface area contributed by atoms with Crippen molar-refractivity contribution in [2.45, 2.75) is 25.8 Å². The fourth-order valence-corrected chi connectivity index (χ4v) is 3.21. The zero-order chi connectivity index (χ0) is 13.1. The highest BCUT2D eigenvalue weighted by molar-refractivity contribution is 9.10. The van der Waals surface area contributed by atoms with Crippen molar-refractivity contribution in [3.8, 4) is 0 Å². The van der Waals surface area contributed by atoms with Crippen LogP contribution in [0.5, 0.6) is 0 Å². The zero-order valence-electron chi connectivity index (χ0n) is 10.6. The van der Waals surface area contributed by atoms with E-state index >= 15 is 0 Å². The Hall–Kier alpha value is -1.22. The van der Waals surface area contributed by atoms with Gasteiger partial charge in [0.05, 0.1) is 6.04 Å². The molecule has 0 amide bonds. The van der Waals surface area contributed by atoms with E-state index in [1.54, 1.807) is 6.20 Å². The van der Waals surface area contributed by atoms with Crippen LogP contribution in [-0.4, -0.2) is 4.90 Å². The van der Waals surface area contributed by atoms with Gasteiger partial charge in [0.25, 0.3) is 0 Å². The van der Waals surface area contributed by atoms with E-state index < -0.39 is 0 Å². The van der Waals surface area contributed by atoms with E-state index in [1.165, 1.54) is 5.56 Å². The number of rotatable bonds is 2. The van der Waals surface area contributed by atoms with Gasteiger partial charge in [-0.3, -0.25) is 0 Å². The Balaban J connectivity index is 2.39. The standard InChI is InChI=1S/C15H19BrN2/c1-3-18-14(9-8-11(2)15(18)10-17)12-6-4-5-7-13(12)16/h3-7,10-11,14H,1,8-9,17H2,2H3/b15-10-. The second-order valence-electron chi connectivity index (χ2n) is 4.70. The molecule has 96 valence electrons. The molecule has 1 aromatic carbocycles. The van der Waals surface area contributed by atoms with Crippen LogP contribution >= 0.6 is 15.9 Å². The highest BCUT2D eigenvalue weighted by atomic mass is 79.9. The van der Waals surface area contributed by atoms with Gasteiger partial charge in [0, 0.05) is 16.4 Å². The van der Waals surface area contributed by atoms with Crippen LogP contribution in [0.1, 0.15) is 31.4 Å². The summed E-state index contributed by atoms with van der Waals surface area (Å²) >= 11 is 3.63. The highest BCUT2D eigenvalue weighted by Crippen LogP contribution is 2.41. The van der Waals surface area contributed by atoms with Crippen LogP contribution in [0.25, 0.3) is 0 Å². The minimum Gasteiger partial charge on any atom is -0.403 e. The third-order valence-electron chi connectivity index (χ3n) is 3.64. The summed E-state index contributed by atoms with van der Waals surface area (Å²) in [5.41, 5.74) is 8.23. The number of allylic oxidation sites excluding steroid dienone is 1. The maximum absolute atomic E-state index is 5.77. The van der Waals surface area contributed by atoms with E-state index in [2.05, 4.69) is 52.5 Å². The summed E-state index contributed by atoms with van der Waals surface area (Å²) in [5.74, 6) is 0.492. The summed E-state index contributed by atoms with van der Waals surface area (Å²) in [7, 11) is 0. The average molecular weight is 307 g/mol. The monoisotopic (exact) mass is 306 g/mol. The maximum Gasteiger partial charge on any atom is 0.0594 e. The number of nitrogens with zero attached hydrogens (tertiary/aromatic N) is 1. The lowest BCUT2D eigenvalue weighted by atomic mass is 9.88. The van der Waals surface area contributed by atoms with Crippen molar-refractivity contribution in [2.24, 2.45) is 11.7 Å². The molecule has 1 heterocycles. The number of likely N-dealkylation sites (tertiary alicyclic amines) is 1. The predicted octanol–water partition coefficient (Wildman–Crippen LogP) is 4.17. The summed E-state index contributed by atoms with van der Waals surface area (Å²) in [6.07, 6.45) is 5.88. The maximum atomic E-state index is 5.77. The lowest BCUT2D eigenvalue weighted by molar-refractivity contribution is 0.231. The van der Waals surface area contributed by atoms with Crippen molar-refractivity contribution < 1.29 is 0 Å². The Kier molecular flexibility index (Phi) is 4.12. The first kappa shape index (κ1) is 13.2. The minimum atomic E-state index is 0.323. The predicted molar refractivity (Wildman–Crippen MR) is 79.6 cm³/mol. The Morgan fingerprint density at radius 2 is 2.11 bits per heavy atom. The van der Waals surface area contributed by atoms with Crippen LogP contribution in [0.2, 0.25) is 0 Å². The van der Waals surface area contributed by atoms with Crippen LogP contribution in [0.3, 0.4) is 0 Å². The summed E-state index contributed by atoms with van der Waals surface area (Å²) in [6, 6.07) is 8.68. The first-order valence-electron chi connectivity index (χ1n) is 6.26. The van der Waals surface area contributed by atoms with Gasteiger partial charge in [0.2, 0.25) is 0 Å². The van der Waals surface area contributed by atoms with E-state index in [0.29, 0.717) is 12.0 Å². The largest absolute Gasteiger partial charge is 0.403 e. The molecular formula is C15H19BrN2. The first-order valence-corrected chi connectivity index (χ1v) is 7.05. The van der Waals surface area contributed by atoms with Gasteiger partial charge in [0.1, 0.15) is 0 Å². The molecule has 2 N–H and O–H groups in total. The third kappa shape index (κ3) is 2.32. The molecule has 0 aromatic heterocycles. The second kappa shape index (κ2) is 5.61.